The highest BCUT2D eigenvalue weighted by atomic mass is 16.5. The van der Waals surface area contributed by atoms with Gasteiger partial charge in [0.15, 0.2) is 0 Å². The third-order valence-corrected chi connectivity index (χ3v) is 6.91. The molecule has 3 heterocycles. The van der Waals surface area contributed by atoms with Crippen LogP contribution in [-0.4, -0.2) is 57.4 Å². The average molecular weight is 562 g/mol. The van der Waals surface area contributed by atoms with Gasteiger partial charge in [-0.05, 0) is 81.6 Å². The van der Waals surface area contributed by atoms with Crippen LogP contribution in [0.3, 0.4) is 0 Å². The lowest BCUT2D eigenvalue weighted by Gasteiger charge is -2.17. The Hall–Kier alpha value is -5.14. The fraction of sp³-hybridized carbons (Fsp3) is 0.250. The summed E-state index contributed by atoms with van der Waals surface area (Å²) in [7, 11) is 3.95. The van der Waals surface area contributed by atoms with Gasteiger partial charge in [0.25, 0.3) is 5.91 Å². The number of amides is 1. The summed E-state index contributed by atoms with van der Waals surface area (Å²) in [5, 5.41) is 7.04. The quantitative estimate of drug-likeness (QED) is 0.213. The van der Waals surface area contributed by atoms with E-state index in [-0.39, 0.29) is 0 Å². The summed E-state index contributed by atoms with van der Waals surface area (Å²) in [6, 6.07) is 13.6. The van der Waals surface area contributed by atoms with Gasteiger partial charge in [0, 0.05) is 48.3 Å². The zero-order chi connectivity index (χ0) is 29.1. The molecule has 1 aliphatic carbocycles. The Balaban J connectivity index is 1.30. The number of fused-ring (bicyclic) bond motifs is 2. The first-order chi connectivity index (χ1) is 20.5. The van der Waals surface area contributed by atoms with Crippen molar-refractivity contribution < 1.29 is 14.3 Å². The molecule has 0 unspecified atom stereocenters. The fourth-order valence-electron chi connectivity index (χ4n) is 4.66. The number of likely N-dealkylation sites (N-methyl/N-ethyl adjacent to an activating group) is 1. The highest BCUT2D eigenvalue weighted by Crippen LogP contribution is 2.46. The molecule has 1 amide bonds. The molecule has 10 nitrogen and oxygen atoms in total. The zero-order valence-electron chi connectivity index (χ0n) is 23.7. The molecule has 3 aromatic heterocycles. The van der Waals surface area contributed by atoms with E-state index in [1.807, 2.05) is 72.2 Å². The first-order valence-corrected chi connectivity index (χ1v) is 13.8. The molecular weight excluding hydrogens is 530 g/mol. The van der Waals surface area contributed by atoms with Crippen LogP contribution in [-0.2, 0) is 4.79 Å². The summed E-state index contributed by atoms with van der Waals surface area (Å²) in [6.45, 7) is 2.79. The van der Waals surface area contributed by atoms with E-state index in [2.05, 4.69) is 43.5 Å². The van der Waals surface area contributed by atoms with E-state index in [0.29, 0.717) is 35.3 Å². The van der Waals surface area contributed by atoms with Crippen LogP contribution in [0.4, 0.5) is 17.2 Å². The number of nitrogens with one attached hydrogen (secondary N) is 2. The number of hydrogen-bond acceptors (Lipinski definition) is 8. The number of carbonyl (C=O) groups excluding carboxylic acids is 1. The maximum Gasteiger partial charge on any atom is 0.300 e. The van der Waals surface area contributed by atoms with Gasteiger partial charge in [0.1, 0.15) is 41.6 Å². The van der Waals surface area contributed by atoms with Crippen LogP contribution in [0.1, 0.15) is 31.2 Å². The molecule has 2 N–H and O–H groups in total. The van der Waals surface area contributed by atoms with Gasteiger partial charge in [-0.25, -0.2) is 15.0 Å². The van der Waals surface area contributed by atoms with Crippen molar-refractivity contribution >= 4 is 39.6 Å². The number of rotatable bonds is 10. The number of hydrogen-bond donors (Lipinski definition) is 2. The standard InChI is InChI=1S/C32H31N7O3/c1-4-5-31(40)37-27-18-25-26(19-29(27)41-15-14-38(2)3)34-20-35-32(25)36-22-8-9-28(24(16-22)21-6-7-21)42-23-10-12-39-13-11-33-30(39)17-23/h8-13,16-21H,6-7,14-15H2,1-3H3,(H,37,40)(H,34,35,36). The van der Waals surface area contributed by atoms with Gasteiger partial charge in [-0.3, -0.25) is 4.79 Å². The third-order valence-electron chi connectivity index (χ3n) is 6.91. The lowest BCUT2D eigenvalue weighted by molar-refractivity contribution is -0.111. The van der Waals surface area contributed by atoms with Crippen molar-refractivity contribution in [3.05, 3.63) is 72.9 Å². The second kappa shape index (κ2) is 11.8. The van der Waals surface area contributed by atoms with Crippen molar-refractivity contribution in [1.29, 1.82) is 0 Å². The normalized spacial score (nSPS) is 12.7. The number of nitrogens with zero attached hydrogens (tertiary/aromatic N) is 5. The SMILES string of the molecule is CC#CC(=O)Nc1cc2c(Nc3ccc(Oc4ccn5ccnc5c4)c(C4CC4)c3)ncnc2cc1OCCN(C)C. The largest absolute Gasteiger partial charge is 0.490 e. The fourth-order valence-corrected chi connectivity index (χ4v) is 4.66. The van der Waals surface area contributed by atoms with Crippen molar-refractivity contribution in [3.8, 4) is 29.1 Å². The van der Waals surface area contributed by atoms with Crippen LogP contribution in [0.5, 0.6) is 17.2 Å². The smallest absolute Gasteiger partial charge is 0.300 e. The Morgan fingerprint density at radius 3 is 2.76 bits per heavy atom. The number of benzene rings is 2. The van der Waals surface area contributed by atoms with E-state index in [0.717, 1.165) is 53.2 Å². The Morgan fingerprint density at radius 1 is 1.07 bits per heavy atom. The Kier molecular flexibility index (Phi) is 7.58. The van der Waals surface area contributed by atoms with Crippen LogP contribution < -0.4 is 20.1 Å². The Labute approximate surface area is 243 Å². The van der Waals surface area contributed by atoms with E-state index >= 15 is 0 Å². The number of carbonyl (C=O) groups is 1. The van der Waals surface area contributed by atoms with Gasteiger partial charge < -0.3 is 29.4 Å². The van der Waals surface area contributed by atoms with Crippen molar-refractivity contribution in [1.82, 2.24) is 24.3 Å². The second-order valence-corrected chi connectivity index (χ2v) is 10.4. The summed E-state index contributed by atoms with van der Waals surface area (Å²) >= 11 is 0. The summed E-state index contributed by atoms with van der Waals surface area (Å²) < 4.78 is 14.3. The Morgan fingerprint density at radius 2 is 1.95 bits per heavy atom. The van der Waals surface area contributed by atoms with Gasteiger partial charge in [0.2, 0.25) is 0 Å². The topological polar surface area (TPSA) is 106 Å². The maximum absolute atomic E-state index is 12.4. The van der Waals surface area contributed by atoms with Gasteiger partial charge in [-0.2, -0.15) is 0 Å². The number of aromatic nitrogens is 4. The Bertz CT molecular complexity index is 1830. The molecule has 1 fully saturated rings. The molecule has 212 valence electrons. The second-order valence-electron chi connectivity index (χ2n) is 10.4. The number of ether oxygens (including phenoxy) is 2. The summed E-state index contributed by atoms with van der Waals surface area (Å²) in [6.07, 6.45) is 9.36. The van der Waals surface area contributed by atoms with Crippen molar-refractivity contribution in [2.24, 2.45) is 0 Å². The highest BCUT2D eigenvalue weighted by Gasteiger charge is 2.27. The van der Waals surface area contributed by atoms with E-state index in [1.54, 1.807) is 13.1 Å². The van der Waals surface area contributed by atoms with Crippen LogP contribution >= 0.6 is 0 Å². The first-order valence-electron chi connectivity index (χ1n) is 13.8. The number of pyridine rings is 1. The molecule has 0 bridgehead atoms. The molecule has 0 spiro atoms. The predicted octanol–water partition coefficient (Wildman–Crippen LogP) is 5.59. The first kappa shape index (κ1) is 27.1. The van der Waals surface area contributed by atoms with E-state index < -0.39 is 5.91 Å². The highest BCUT2D eigenvalue weighted by molar-refractivity contribution is 6.06. The average Bonchev–Trinajstić information content (AvgIpc) is 3.71. The van der Waals surface area contributed by atoms with E-state index in [4.69, 9.17) is 9.47 Å². The van der Waals surface area contributed by atoms with Gasteiger partial charge in [-0.1, -0.05) is 5.92 Å². The molecular formula is C32H31N7O3. The van der Waals surface area contributed by atoms with Gasteiger partial charge in [0.05, 0.1) is 11.2 Å². The van der Waals surface area contributed by atoms with Crippen molar-refractivity contribution in [2.75, 3.05) is 37.9 Å². The number of imidazole rings is 1. The lowest BCUT2D eigenvalue weighted by Crippen LogP contribution is -2.20. The third kappa shape index (κ3) is 6.11. The minimum Gasteiger partial charge on any atom is -0.490 e. The molecule has 0 atom stereocenters. The van der Waals surface area contributed by atoms with Crippen LogP contribution in [0.15, 0.2) is 67.4 Å². The minimum absolute atomic E-state index is 0.419. The monoisotopic (exact) mass is 561 g/mol. The minimum atomic E-state index is -0.419. The molecule has 0 aliphatic heterocycles. The van der Waals surface area contributed by atoms with Crippen LogP contribution in [0.2, 0.25) is 0 Å². The molecule has 6 rings (SSSR count). The molecule has 0 saturated heterocycles. The van der Waals surface area contributed by atoms with E-state index in [9.17, 15) is 4.79 Å². The van der Waals surface area contributed by atoms with Crippen molar-refractivity contribution in [2.45, 2.75) is 25.7 Å². The molecule has 1 saturated carbocycles. The summed E-state index contributed by atoms with van der Waals surface area (Å²) in [5.74, 6) is 7.88. The van der Waals surface area contributed by atoms with Crippen LogP contribution in [0.25, 0.3) is 16.6 Å². The summed E-state index contributed by atoms with van der Waals surface area (Å²) in [4.78, 5) is 27.7. The molecule has 10 heteroatoms. The predicted molar refractivity (Wildman–Crippen MR) is 163 cm³/mol. The zero-order valence-corrected chi connectivity index (χ0v) is 23.7. The maximum atomic E-state index is 12.4. The molecule has 2 aromatic carbocycles. The lowest BCUT2D eigenvalue weighted by atomic mass is 10.1. The van der Waals surface area contributed by atoms with Crippen LogP contribution in [0, 0.1) is 11.8 Å². The molecule has 42 heavy (non-hydrogen) atoms. The molecule has 1 aliphatic rings. The molecule has 5 aromatic rings. The molecule has 0 radical (unpaired) electrons. The summed E-state index contributed by atoms with van der Waals surface area (Å²) in [5.41, 5.74) is 4.04. The van der Waals surface area contributed by atoms with Gasteiger partial charge in [-0.15, -0.1) is 0 Å². The van der Waals surface area contributed by atoms with E-state index in [1.165, 1.54) is 6.33 Å². The van der Waals surface area contributed by atoms with Crippen molar-refractivity contribution in [3.63, 3.8) is 0 Å². The number of anilines is 3. The van der Waals surface area contributed by atoms with Gasteiger partial charge >= 0.3 is 0 Å².